The molecule has 70 valence electrons. The smallest absolute Gasteiger partial charge is 0.143 e. The molecule has 0 unspecified atom stereocenters. The summed E-state index contributed by atoms with van der Waals surface area (Å²) in [4.78, 5) is 5.52. The summed E-state index contributed by atoms with van der Waals surface area (Å²) in [6.45, 7) is 6.45. The van der Waals surface area contributed by atoms with Gasteiger partial charge in [0.15, 0.2) is 0 Å². The molecule has 0 N–H and O–H groups in total. The van der Waals surface area contributed by atoms with E-state index in [1.807, 2.05) is 6.92 Å². The van der Waals surface area contributed by atoms with Crippen molar-refractivity contribution in [1.82, 2.24) is 0 Å². The normalized spacial score (nSPS) is 20.4. The van der Waals surface area contributed by atoms with Crippen LogP contribution in [0.15, 0.2) is 5.16 Å². The van der Waals surface area contributed by atoms with Gasteiger partial charge in [0, 0.05) is 6.42 Å². The Kier molecular flexibility index (Phi) is 3.12. The molecule has 0 aromatic carbocycles. The molecule has 2 heteroatoms. The number of oxime groups is 1. The van der Waals surface area contributed by atoms with Crippen molar-refractivity contribution in [2.24, 2.45) is 5.16 Å². The van der Waals surface area contributed by atoms with Crippen molar-refractivity contribution < 1.29 is 4.84 Å². The maximum atomic E-state index is 5.52. The topological polar surface area (TPSA) is 21.6 Å². The molecule has 1 aliphatic rings. The van der Waals surface area contributed by atoms with Gasteiger partial charge in [-0.15, -0.1) is 0 Å². The van der Waals surface area contributed by atoms with Gasteiger partial charge in [0.05, 0.1) is 5.71 Å². The van der Waals surface area contributed by atoms with E-state index in [2.05, 4.69) is 19.0 Å². The van der Waals surface area contributed by atoms with Crippen LogP contribution in [0.4, 0.5) is 0 Å². The first-order valence-corrected chi connectivity index (χ1v) is 4.94. The summed E-state index contributed by atoms with van der Waals surface area (Å²) in [5.41, 5.74) is 1.21. The molecule has 0 bridgehead atoms. The van der Waals surface area contributed by atoms with Gasteiger partial charge in [-0.3, -0.25) is 0 Å². The van der Waals surface area contributed by atoms with E-state index in [4.69, 9.17) is 4.84 Å². The first-order valence-electron chi connectivity index (χ1n) is 4.94. The van der Waals surface area contributed by atoms with Crippen molar-refractivity contribution >= 4 is 5.71 Å². The zero-order valence-corrected chi connectivity index (χ0v) is 8.39. The minimum atomic E-state index is 0.0631. The maximum Gasteiger partial charge on any atom is 0.143 e. The van der Waals surface area contributed by atoms with E-state index in [0.717, 1.165) is 25.0 Å². The van der Waals surface area contributed by atoms with Crippen LogP contribution in [-0.2, 0) is 4.84 Å². The molecule has 1 aliphatic heterocycles. The molecule has 0 aromatic rings. The van der Waals surface area contributed by atoms with Crippen LogP contribution < -0.4 is 0 Å². The fourth-order valence-corrected chi connectivity index (χ4v) is 2.01. The predicted molar refractivity (Wildman–Crippen MR) is 51.4 cm³/mol. The molecule has 0 saturated carbocycles. The third-order valence-corrected chi connectivity index (χ3v) is 2.38. The summed E-state index contributed by atoms with van der Waals surface area (Å²) in [6, 6.07) is 0. The summed E-state index contributed by atoms with van der Waals surface area (Å²) in [6.07, 6.45) is 5.68. The third kappa shape index (κ3) is 1.99. The van der Waals surface area contributed by atoms with E-state index in [9.17, 15) is 0 Å². The molecule has 0 aliphatic carbocycles. The SMILES string of the molecule is CCCC1(CCC)CC(C)=NO1. The second-order valence-corrected chi connectivity index (χ2v) is 3.78. The Labute approximate surface area is 75.0 Å². The van der Waals surface area contributed by atoms with E-state index in [-0.39, 0.29) is 5.60 Å². The Morgan fingerprint density at radius 1 is 1.33 bits per heavy atom. The van der Waals surface area contributed by atoms with Gasteiger partial charge < -0.3 is 4.84 Å². The highest BCUT2D eigenvalue weighted by atomic mass is 16.7. The van der Waals surface area contributed by atoms with Gasteiger partial charge in [-0.2, -0.15) is 0 Å². The first-order chi connectivity index (χ1) is 5.72. The van der Waals surface area contributed by atoms with Gasteiger partial charge in [-0.25, -0.2) is 0 Å². The highest BCUT2D eigenvalue weighted by molar-refractivity contribution is 5.83. The van der Waals surface area contributed by atoms with Crippen LogP contribution in [0.25, 0.3) is 0 Å². The summed E-state index contributed by atoms with van der Waals surface area (Å²) in [7, 11) is 0. The Hall–Kier alpha value is -0.530. The van der Waals surface area contributed by atoms with Gasteiger partial charge in [-0.1, -0.05) is 31.8 Å². The molecule has 0 atom stereocenters. The molecule has 0 fully saturated rings. The van der Waals surface area contributed by atoms with Crippen LogP contribution in [0.2, 0.25) is 0 Å². The van der Waals surface area contributed by atoms with Crippen LogP contribution in [0.1, 0.15) is 52.9 Å². The summed E-state index contributed by atoms with van der Waals surface area (Å²) >= 11 is 0. The lowest BCUT2D eigenvalue weighted by molar-refractivity contribution is -0.0324. The molecule has 0 radical (unpaired) electrons. The standard InChI is InChI=1S/C10H19NO/c1-4-6-10(7-5-2)8-9(3)11-12-10/h4-8H2,1-3H3. The molecule has 0 aromatic heterocycles. The summed E-state index contributed by atoms with van der Waals surface area (Å²) in [5.74, 6) is 0. The van der Waals surface area contributed by atoms with Crippen LogP contribution >= 0.6 is 0 Å². The quantitative estimate of drug-likeness (QED) is 0.633. The van der Waals surface area contributed by atoms with E-state index < -0.39 is 0 Å². The minimum Gasteiger partial charge on any atom is -0.389 e. The molecular formula is C10H19NO. The number of hydrogen-bond donors (Lipinski definition) is 0. The second kappa shape index (κ2) is 3.92. The Morgan fingerprint density at radius 3 is 2.25 bits per heavy atom. The van der Waals surface area contributed by atoms with Crippen molar-refractivity contribution in [3.8, 4) is 0 Å². The third-order valence-electron chi connectivity index (χ3n) is 2.38. The van der Waals surface area contributed by atoms with E-state index in [1.165, 1.54) is 12.8 Å². The molecule has 1 rings (SSSR count). The summed E-state index contributed by atoms with van der Waals surface area (Å²) in [5, 5.41) is 4.04. The Morgan fingerprint density at radius 2 is 1.92 bits per heavy atom. The highest BCUT2D eigenvalue weighted by Gasteiger charge is 2.35. The van der Waals surface area contributed by atoms with Gasteiger partial charge in [0.25, 0.3) is 0 Å². The fraction of sp³-hybridized carbons (Fsp3) is 0.900. The van der Waals surface area contributed by atoms with Gasteiger partial charge in [0.2, 0.25) is 0 Å². The van der Waals surface area contributed by atoms with Gasteiger partial charge in [0.1, 0.15) is 5.60 Å². The van der Waals surface area contributed by atoms with Crippen molar-refractivity contribution in [2.75, 3.05) is 0 Å². The average molecular weight is 169 g/mol. The maximum absolute atomic E-state index is 5.52. The largest absolute Gasteiger partial charge is 0.389 e. The van der Waals surface area contributed by atoms with E-state index in [0.29, 0.717) is 0 Å². The monoisotopic (exact) mass is 169 g/mol. The van der Waals surface area contributed by atoms with Crippen LogP contribution in [0.3, 0.4) is 0 Å². The molecular weight excluding hydrogens is 150 g/mol. The van der Waals surface area contributed by atoms with Crippen molar-refractivity contribution in [3.63, 3.8) is 0 Å². The van der Waals surface area contributed by atoms with E-state index in [1.54, 1.807) is 0 Å². The lowest BCUT2D eigenvalue weighted by Gasteiger charge is -2.25. The first kappa shape index (κ1) is 9.56. The van der Waals surface area contributed by atoms with Crippen LogP contribution in [0, 0.1) is 0 Å². The van der Waals surface area contributed by atoms with Gasteiger partial charge >= 0.3 is 0 Å². The molecule has 0 saturated heterocycles. The molecule has 1 heterocycles. The molecule has 12 heavy (non-hydrogen) atoms. The Bertz CT molecular complexity index is 169. The molecule has 0 amide bonds. The minimum absolute atomic E-state index is 0.0631. The molecule has 0 spiro atoms. The average Bonchev–Trinajstić information content (AvgIpc) is 2.34. The lowest BCUT2D eigenvalue weighted by Crippen LogP contribution is -2.28. The Balaban J connectivity index is 2.51. The van der Waals surface area contributed by atoms with Crippen LogP contribution in [-0.4, -0.2) is 11.3 Å². The zero-order chi connectivity index (χ0) is 9.03. The molecule has 2 nitrogen and oxygen atoms in total. The van der Waals surface area contributed by atoms with E-state index >= 15 is 0 Å². The second-order valence-electron chi connectivity index (χ2n) is 3.78. The zero-order valence-electron chi connectivity index (χ0n) is 8.39. The fourth-order valence-electron chi connectivity index (χ4n) is 2.01. The summed E-state index contributed by atoms with van der Waals surface area (Å²) < 4.78 is 0. The lowest BCUT2D eigenvalue weighted by atomic mass is 9.88. The highest BCUT2D eigenvalue weighted by Crippen LogP contribution is 2.33. The van der Waals surface area contributed by atoms with Crippen molar-refractivity contribution in [3.05, 3.63) is 0 Å². The van der Waals surface area contributed by atoms with Crippen molar-refractivity contribution in [1.29, 1.82) is 0 Å². The number of nitrogens with zero attached hydrogens (tertiary/aromatic N) is 1. The van der Waals surface area contributed by atoms with Crippen molar-refractivity contribution in [2.45, 2.75) is 58.5 Å². The van der Waals surface area contributed by atoms with Gasteiger partial charge in [-0.05, 0) is 19.8 Å². The predicted octanol–water partition coefficient (Wildman–Crippen LogP) is 3.12. The number of hydrogen-bond acceptors (Lipinski definition) is 2. The van der Waals surface area contributed by atoms with Crippen LogP contribution in [0.5, 0.6) is 0 Å². The number of rotatable bonds is 4.